The lowest BCUT2D eigenvalue weighted by molar-refractivity contribution is -0.384. The van der Waals surface area contributed by atoms with Gasteiger partial charge in [0.05, 0.1) is 21.7 Å². The molecule has 0 atom stereocenters. The van der Waals surface area contributed by atoms with Gasteiger partial charge in [0.1, 0.15) is 5.69 Å². The van der Waals surface area contributed by atoms with Gasteiger partial charge < -0.3 is 9.80 Å². The van der Waals surface area contributed by atoms with Gasteiger partial charge in [-0.05, 0) is 37.3 Å². The Balaban J connectivity index is 1.53. The number of aromatic nitrogens is 1. The average molecular weight is 411 g/mol. The molecule has 4 rings (SSSR count). The Kier molecular flexibility index (Phi) is 5.07. The van der Waals surface area contributed by atoms with E-state index in [-0.39, 0.29) is 16.5 Å². The van der Waals surface area contributed by atoms with Crippen molar-refractivity contribution < 1.29 is 9.72 Å². The molecule has 148 valence electrons. The largest absolute Gasteiger partial charge is 0.362 e. The lowest BCUT2D eigenvalue weighted by Crippen LogP contribution is -2.49. The molecule has 0 spiro atoms. The van der Waals surface area contributed by atoms with Gasteiger partial charge in [0, 0.05) is 42.7 Å². The SMILES string of the molecule is Cc1nc2ccc(Cl)cc2cc1C(=O)N1CCN(c2ccccc2[N+](=O)[O-])CC1. The van der Waals surface area contributed by atoms with E-state index in [0.717, 1.165) is 10.9 Å². The Labute approximate surface area is 172 Å². The fourth-order valence-corrected chi connectivity index (χ4v) is 3.85. The number of hydrogen-bond donors (Lipinski definition) is 0. The molecule has 0 radical (unpaired) electrons. The molecule has 1 aliphatic heterocycles. The van der Waals surface area contributed by atoms with Crippen molar-refractivity contribution in [1.29, 1.82) is 0 Å². The van der Waals surface area contributed by atoms with Crippen molar-refractivity contribution in [3.05, 3.63) is 74.9 Å². The molecule has 1 amide bonds. The third-order valence-corrected chi connectivity index (χ3v) is 5.42. The number of nitro benzene ring substituents is 1. The maximum Gasteiger partial charge on any atom is 0.292 e. The minimum Gasteiger partial charge on any atom is -0.362 e. The molecule has 1 fully saturated rings. The van der Waals surface area contributed by atoms with Crippen LogP contribution in [0.3, 0.4) is 0 Å². The lowest BCUT2D eigenvalue weighted by Gasteiger charge is -2.36. The molecule has 1 saturated heterocycles. The van der Waals surface area contributed by atoms with Gasteiger partial charge in [-0.1, -0.05) is 23.7 Å². The van der Waals surface area contributed by atoms with Crippen LogP contribution in [0.4, 0.5) is 11.4 Å². The molecule has 3 aromatic rings. The zero-order valence-electron chi connectivity index (χ0n) is 15.8. The van der Waals surface area contributed by atoms with Crippen LogP contribution in [0.1, 0.15) is 16.1 Å². The maximum atomic E-state index is 13.1. The highest BCUT2D eigenvalue weighted by atomic mass is 35.5. The number of halogens is 1. The highest BCUT2D eigenvalue weighted by Gasteiger charge is 2.27. The number of fused-ring (bicyclic) bond motifs is 1. The number of hydrogen-bond acceptors (Lipinski definition) is 5. The van der Waals surface area contributed by atoms with Gasteiger partial charge in [-0.25, -0.2) is 0 Å². The van der Waals surface area contributed by atoms with Crippen LogP contribution in [0.5, 0.6) is 0 Å². The van der Waals surface area contributed by atoms with Gasteiger partial charge in [0.2, 0.25) is 0 Å². The minimum atomic E-state index is -0.373. The fraction of sp³-hybridized carbons (Fsp3) is 0.238. The second-order valence-corrected chi connectivity index (χ2v) is 7.42. The summed E-state index contributed by atoms with van der Waals surface area (Å²) in [5, 5.41) is 12.7. The van der Waals surface area contributed by atoms with Crippen LogP contribution in [0, 0.1) is 17.0 Å². The van der Waals surface area contributed by atoms with Gasteiger partial charge in [-0.3, -0.25) is 19.9 Å². The molecule has 1 aromatic heterocycles. The standard InChI is InChI=1S/C21H19ClN4O3/c1-14-17(13-15-12-16(22)6-7-18(15)23-14)21(27)25-10-8-24(9-11-25)19-4-2-3-5-20(19)26(28)29/h2-7,12-13H,8-11H2,1H3. The van der Waals surface area contributed by atoms with E-state index in [2.05, 4.69) is 4.98 Å². The lowest BCUT2D eigenvalue weighted by atomic mass is 10.1. The number of anilines is 1. The topological polar surface area (TPSA) is 79.6 Å². The smallest absolute Gasteiger partial charge is 0.292 e. The van der Waals surface area contributed by atoms with Crippen LogP contribution in [-0.4, -0.2) is 46.9 Å². The zero-order chi connectivity index (χ0) is 20.5. The molecule has 0 bridgehead atoms. The summed E-state index contributed by atoms with van der Waals surface area (Å²) >= 11 is 6.07. The van der Waals surface area contributed by atoms with Crippen LogP contribution in [0.2, 0.25) is 5.02 Å². The van der Waals surface area contributed by atoms with Gasteiger partial charge in [-0.15, -0.1) is 0 Å². The molecule has 0 N–H and O–H groups in total. The molecule has 2 heterocycles. The summed E-state index contributed by atoms with van der Waals surface area (Å²) < 4.78 is 0. The van der Waals surface area contributed by atoms with Crippen molar-refractivity contribution >= 4 is 39.8 Å². The summed E-state index contributed by atoms with van der Waals surface area (Å²) in [6.07, 6.45) is 0. The number of amides is 1. The van der Waals surface area contributed by atoms with Gasteiger partial charge in [0.25, 0.3) is 11.6 Å². The number of carbonyl (C=O) groups excluding carboxylic acids is 1. The minimum absolute atomic E-state index is 0.0822. The first-order valence-corrected chi connectivity index (χ1v) is 9.66. The third-order valence-electron chi connectivity index (χ3n) is 5.18. The monoisotopic (exact) mass is 410 g/mol. The van der Waals surface area contributed by atoms with E-state index in [1.54, 1.807) is 35.2 Å². The molecular formula is C21H19ClN4O3. The van der Waals surface area contributed by atoms with Crippen molar-refractivity contribution in [3.63, 3.8) is 0 Å². The number of benzene rings is 2. The molecule has 8 heteroatoms. The van der Waals surface area contributed by atoms with Crippen LogP contribution < -0.4 is 4.90 Å². The first kappa shape index (κ1) is 19.1. The maximum absolute atomic E-state index is 13.1. The van der Waals surface area contributed by atoms with E-state index in [9.17, 15) is 14.9 Å². The normalized spacial score (nSPS) is 14.3. The Morgan fingerprint density at radius 2 is 1.83 bits per heavy atom. The summed E-state index contributed by atoms with van der Waals surface area (Å²) in [5.74, 6) is -0.0842. The van der Waals surface area contributed by atoms with E-state index in [1.165, 1.54) is 6.07 Å². The summed E-state index contributed by atoms with van der Waals surface area (Å²) in [6.45, 7) is 3.85. The second-order valence-electron chi connectivity index (χ2n) is 6.98. The summed E-state index contributed by atoms with van der Waals surface area (Å²) in [5.41, 5.74) is 2.69. The fourth-order valence-electron chi connectivity index (χ4n) is 3.67. The average Bonchev–Trinajstić information content (AvgIpc) is 2.73. The molecule has 2 aromatic carbocycles. The number of aryl methyl sites for hydroxylation is 1. The molecule has 29 heavy (non-hydrogen) atoms. The number of nitrogens with zero attached hydrogens (tertiary/aromatic N) is 4. The number of pyridine rings is 1. The number of nitro groups is 1. The Hall–Kier alpha value is -3.19. The molecule has 0 saturated carbocycles. The van der Waals surface area contributed by atoms with E-state index < -0.39 is 0 Å². The van der Waals surface area contributed by atoms with Crippen molar-refractivity contribution in [1.82, 2.24) is 9.88 Å². The van der Waals surface area contributed by atoms with Gasteiger partial charge in [0.15, 0.2) is 0 Å². The molecule has 1 aliphatic rings. The van der Waals surface area contributed by atoms with Gasteiger partial charge in [-0.2, -0.15) is 0 Å². The van der Waals surface area contributed by atoms with E-state index in [4.69, 9.17) is 11.6 Å². The summed E-state index contributed by atoms with van der Waals surface area (Å²) in [4.78, 5) is 32.3. The van der Waals surface area contributed by atoms with Crippen LogP contribution in [0.15, 0.2) is 48.5 Å². The third kappa shape index (κ3) is 3.73. The van der Waals surface area contributed by atoms with Crippen molar-refractivity contribution in [2.45, 2.75) is 6.92 Å². The van der Waals surface area contributed by atoms with E-state index >= 15 is 0 Å². The Bertz CT molecular complexity index is 1110. The first-order chi connectivity index (χ1) is 13.9. The van der Waals surface area contributed by atoms with Crippen LogP contribution in [-0.2, 0) is 0 Å². The number of carbonyl (C=O) groups is 1. The molecule has 0 unspecified atom stereocenters. The molecule has 0 aliphatic carbocycles. The molecular weight excluding hydrogens is 392 g/mol. The number of rotatable bonds is 3. The molecule has 7 nitrogen and oxygen atoms in total. The number of para-hydroxylation sites is 2. The quantitative estimate of drug-likeness (QED) is 0.480. The Morgan fingerprint density at radius 3 is 2.55 bits per heavy atom. The summed E-state index contributed by atoms with van der Waals surface area (Å²) in [6, 6.07) is 13.9. The van der Waals surface area contributed by atoms with Crippen LogP contribution in [0.25, 0.3) is 10.9 Å². The Morgan fingerprint density at radius 1 is 1.10 bits per heavy atom. The van der Waals surface area contributed by atoms with Crippen molar-refractivity contribution in [2.75, 3.05) is 31.1 Å². The van der Waals surface area contributed by atoms with Crippen molar-refractivity contribution in [2.24, 2.45) is 0 Å². The van der Waals surface area contributed by atoms with E-state index in [0.29, 0.717) is 48.1 Å². The highest BCUT2D eigenvalue weighted by molar-refractivity contribution is 6.31. The van der Waals surface area contributed by atoms with E-state index in [1.807, 2.05) is 24.0 Å². The predicted molar refractivity (Wildman–Crippen MR) is 113 cm³/mol. The summed E-state index contributed by atoms with van der Waals surface area (Å²) in [7, 11) is 0. The van der Waals surface area contributed by atoms with Crippen LogP contribution >= 0.6 is 11.6 Å². The van der Waals surface area contributed by atoms with Crippen molar-refractivity contribution in [3.8, 4) is 0 Å². The highest BCUT2D eigenvalue weighted by Crippen LogP contribution is 2.29. The second kappa shape index (κ2) is 7.67. The first-order valence-electron chi connectivity index (χ1n) is 9.28. The zero-order valence-corrected chi connectivity index (χ0v) is 16.6. The predicted octanol–water partition coefficient (Wildman–Crippen LogP) is 4.07. The van der Waals surface area contributed by atoms with Gasteiger partial charge >= 0.3 is 0 Å². The number of piperazine rings is 1.